The number of nitrogens with one attached hydrogen (secondary N) is 1. The zero-order chi connectivity index (χ0) is 14.8. The van der Waals surface area contributed by atoms with Gasteiger partial charge in [-0.2, -0.15) is 10.5 Å². The number of benzene rings is 2. The minimum Gasteiger partial charge on any atom is -0.355 e. The molecule has 0 unspecified atom stereocenters. The molecule has 21 heavy (non-hydrogen) atoms. The number of nitrogens with zero attached hydrogens (tertiary/aromatic N) is 2. The van der Waals surface area contributed by atoms with Crippen molar-refractivity contribution in [2.75, 3.05) is 0 Å². The van der Waals surface area contributed by atoms with Gasteiger partial charge < -0.3 is 10.7 Å². The van der Waals surface area contributed by atoms with Crippen molar-refractivity contribution >= 4 is 10.9 Å². The number of hydrogen-bond acceptors (Lipinski definition) is 3. The fourth-order valence-corrected chi connectivity index (χ4v) is 2.37. The summed E-state index contributed by atoms with van der Waals surface area (Å²) in [5.41, 5.74) is 10.3. The second kappa shape index (κ2) is 5.13. The van der Waals surface area contributed by atoms with Gasteiger partial charge in [0.05, 0.1) is 11.1 Å². The van der Waals surface area contributed by atoms with Gasteiger partial charge in [0.2, 0.25) is 0 Å². The number of aromatic nitrogens is 1. The summed E-state index contributed by atoms with van der Waals surface area (Å²) in [5, 5.41) is 19.1. The third-order valence-electron chi connectivity index (χ3n) is 3.49. The molecule has 4 nitrogen and oxygen atoms in total. The lowest BCUT2D eigenvalue weighted by Crippen LogP contribution is -1.94. The topological polar surface area (TPSA) is 89.4 Å². The standard InChI is InChI=1S/C17H12N4/c18-8-11-1-4-16-14(5-11)7-17(21-16)12-2-3-13(9-19)15(6-12)10-20/h1-7,21H,8,18H2. The van der Waals surface area contributed by atoms with Crippen molar-refractivity contribution in [2.24, 2.45) is 5.73 Å². The van der Waals surface area contributed by atoms with Crippen LogP contribution in [-0.2, 0) is 6.54 Å². The number of fused-ring (bicyclic) bond motifs is 1. The predicted molar refractivity (Wildman–Crippen MR) is 81.1 cm³/mol. The Hall–Kier alpha value is -3.08. The van der Waals surface area contributed by atoms with Crippen LogP contribution in [0, 0.1) is 22.7 Å². The molecule has 4 heteroatoms. The van der Waals surface area contributed by atoms with Crippen LogP contribution in [0.15, 0.2) is 42.5 Å². The maximum atomic E-state index is 9.10. The first kappa shape index (κ1) is 12.9. The van der Waals surface area contributed by atoms with Gasteiger partial charge in [0.1, 0.15) is 12.1 Å². The number of nitriles is 2. The van der Waals surface area contributed by atoms with E-state index in [9.17, 15) is 0 Å². The molecular formula is C17H12N4. The van der Waals surface area contributed by atoms with E-state index in [1.54, 1.807) is 12.1 Å². The first-order valence-corrected chi connectivity index (χ1v) is 6.51. The van der Waals surface area contributed by atoms with Gasteiger partial charge in [0.15, 0.2) is 0 Å². The van der Waals surface area contributed by atoms with Crippen LogP contribution in [0.2, 0.25) is 0 Å². The molecule has 0 radical (unpaired) electrons. The predicted octanol–water partition coefficient (Wildman–Crippen LogP) is 3.04. The molecule has 3 rings (SSSR count). The lowest BCUT2D eigenvalue weighted by Gasteiger charge is -2.00. The van der Waals surface area contributed by atoms with E-state index in [-0.39, 0.29) is 0 Å². The third kappa shape index (κ3) is 2.25. The van der Waals surface area contributed by atoms with E-state index in [1.807, 2.05) is 36.4 Å². The first-order chi connectivity index (χ1) is 10.2. The Morgan fingerprint density at radius 2 is 1.76 bits per heavy atom. The van der Waals surface area contributed by atoms with Crippen molar-refractivity contribution in [3.05, 3.63) is 59.2 Å². The number of rotatable bonds is 2. The van der Waals surface area contributed by atoms with Gasteiger partial charge in [0.25, 0.3) is 0 Å². The Kier molecular flexibility index (Phi) is 3.16. The highest BCUT2D eigenvalue weighted by atomic mass is 14.7. The average molecular weight is 272 g/mol. The fourth-order valence-electron chi connectivity index (χ4n) is 2.37. The summed E-state index contributed by atoms with van der Waals surface area (Å²) in [6.45, 7) is 0.506. The summed E-state index contributed by atoms with van der Waals surface area (Å²) < 4.78 is 0. The Balaban J connectivity index is 2.13. The molecule has 0 atom stereocenters. The van der Waals surface area contributed by atoms with Crippen LogP contribution in [0.1, 0.15) is 16.7 Å². The van der Waals surface area contributed by atoms with Crippen molar-refractivity contribution in [3.63, 3.8) is 0 Å². The van der Waals surface area contributed by atoms with Crippen LogP contribution in [0.5, 0.6) is 0 Å². The summed E-state index contributed by atoms with van der Waals surface area (Å²) >= 11 is 0. The molecule has 0 aliphatic heterocycles. The lowest BCUT2D eigenvalue weighted by molar-refractivity contribution is 1.08. The van der Waals surface area contributed by atoms with Gasteiger partial charge >= 0.3 is 0 Å². The normalized spacial score (nSPS) is 10.2. The van der Waals surface area contributed by atoms with E-state index < -0.39 is 0 Å². The van der Waals surface area contributed by atoms with Crippen molar-refractivity contribution in [3.8, 4) is 23.4 Å². The molecule has 1 aromatic heterocycles. The molecular weight excluding hydrogens is 260 g/mol. The second-order valence-electron chi connectivity index (χ2n) is 4.79. The van der Waals surface area contributed by atoms with E-state index in [2.05, 4.69) is 11.1 Å². The largest absolute Gasteiger partial charge is 0.355 e. The first-order valence-electron chi connectivity index (χ1n) is 6.51. The molecule has 3 aromatic rings. The van der Waals surface area contributed by atoms with Crippen molar-refractivity contribution in [1.82, 2.24) is 4.98 Å². The van der Waals surface area contributed by atoms with Gasteiger partial charge in [0, 0.05) is 23.1 Å². The van der Waals surface area contributed by atoms with E-state index in [0.717, 1.165) is 27.7 Å². The molecule has 3 N–H and O–H groups in total. The van der Waals surface area contributed by atoms with Gasteiger partial charge in [-0.1, -0.05) is 12.1 Å². The van der Waals surface area contributed by atoms with Crippen LogP contribution >= 0.6 is 0 Å². The van der Waals surface area contributed by atoms with Gasteiger partial charge in [-0.3, -0.25) is 0 Å². The smallest absolute Gasteiger partial charge is 0.101 e. The average Bonchev–Trinajstić information content (AvgIpc) is 2.96. The minimum atomic E-state index is 0.385. The molecule has 0 aliphatic carbocycles. The van der Waals surface area contributed by atoms with E-state index >= 15 is 0 Å². The Morgan fingerprint density at radius 3 is 2.48 bits per heavy atom. The molecule has 0 saturated heterocycles. The van der Waals surface area contributed by atoms with E-state index in [4.69, 9.17) is 16.3 Å². The number of nitrogens with two attached hydrogens (primary N) is 1. The summed E-state index contributed by atoms with van der Waals surface area (Å²) in [7, 11) is 0. The van der Waals surface area contributed by atoms with Gasteiger partial charge in [-0.15, -0.1) is 0 Å². The molecule has 1 heterocycles. The Labute approximate surface area is 122 Å². The summed E-state index contributed by atoms with van der Waals surface area (Å²) in [6, 6.07) is 17.4. The fraction of sp³-hybridized carbons (Fsp3) is 0.0588. The third-order valence-corrected chi connectivity index (χ3v) is 3.49. The molecule has 0 amide bonds. The van der Waals surface area contributed by atoms with E-state index in [0.29, 0.717) is 17.7 Å². The highest BCUT2D eigenvalue weighted by molar-refractivity contribution is 5.86. The molecule has 0 spiro atoms. The SMILES string of the molecule is N#Cc1ccc(-c2cc3cc(CN)ccc3[nH]2)cc1C#N. The highest BCUT2D eigenvalue weighted by Gasteiger charge is 2.07. The lowest BCUT2D eigenvalue weighted by atomic mass is 10.0. The molecule has 2 aromatic carbocycles. The summed E-state index contributed by atoms with van der Waals surface area (Å²) in [4.78, 5) is 3.32. The number of aromatic amines is 1. The maximum absolute atomic E-state index is 9.10. The van der Waals surface area contributed by atoms with Crippen LogP contribution in [0.4, 0.5) is 0 Å². The van der Waals surface area contributed by atoms with Gasteiger partial charge in [-0.05, 0) is 41.5 Å². The highest BCUT2D eigenvalue weighted by Crippen LogP contribution is 2.26. The maximum Gasteiger partial charge on any atom is 0.101 e. The van der Waals surface area contributed by atoms with E-state index in [1.165, 1.54) is 0 Å². The van der Waals surface area contributed by atoms with Crippen molar-refractivity contribution in [2.45, 2.75) is 6.54 Å². The van der Waals surface area contributed by atoms with Crippen molar-refractivity contribution in [1.29, 1.82) is 10.5 Å². The minimum absolute atomic E-state index is 0.385. The molecule has 100 valence electrons. The number of H-pyrrole nitrogens is 1. The van der Waals surface area contributed by atoms with Crippen LogP contribution in [-0.4, -0.2) is 4.98 Å². The molecule has 0 aliphatic rings. The summed E-state index contributed by atoms with van der Waals surface area (Å²) in [6.07, 6.45) is 0. The quantitative estimate of drug-likeness (QED) is 0.751. The van der Waals surface area contributed by atoms with Crippen LogP contribution < -0.4 is 5.73 Å². The summed E-state index contributed by atoms with van der Waals surface area (Å²) in [5.74, 6) is 0. The van der Waals surface area contributed by atoms with Crippen molar-refractivity contribution < 1.29 is 0 Å². The second-order valence-corrected chi connectivity index (χ2v) is 4.79. The number of hydrogen-bond donors (Lipinski definition) is 2. The van der Waals surface area contributed by atoms with Crippen LogP contribution in [0.3, 0.4) is 0 Å². The zero-order valence-corrected chi connectivity index (χ0v) is 11.2. The van der Waals surface area contributed by atoms with Gasteiger partial charge in [-0.25, -0.2) is 0 Å². The Morgan fingerprint density at radius 1 is 0.952 bits per heavy atom. The molecule has 0 bridgehead atoms. The zero-order valence-electron chi connectivity index (χ0n) is 11.2. The van der Waals surface area contributed by atoms with Crippen LogP contribution in [0.25, 0.3) is 22.2 Å². The monoisotopic (exact) mass is 272 g/mol. The molecule has 0 saturated carbocycles. The Bertz CT molecular complexity index is 907. The molecule has 0 fully saturated rings.